The van der Waals surface area contributed by atoms with Gasteiger partial charge in [0.15, 0.2) is 0 Å². The van der Waals surface area contributed by atoms with Crippen molar-refractivity contribution in [2.45, 2.75) is 19.5 Å². The van der Waals surface area contributed by atoms with E-state index in [1.807, 2.05) is 0 Å². The zero-order valence-electron chi connectivity index (χ0n) is 16.9. The third-order valence-electron chi connectivity index (χ3n) is 5.92. The minimum atomic E-state index is 0.465. The summed E-state index contributed by atoms with van der Waals surface area (Å²) in [6.07, 6.45) is 0. The number of morpholine rings is 1. The van der Waals surface area contributed by atoms with Crippen molar-refractivity contribution < 1.29 is 4.74 Å². The first-order valence-corrected chi connectivity index (χ1v) is 10.1. The highest BCUT2D eigenvalue weighted by Gasteiger charge is 2.19. The largest absolute Gasteiger partial charge is 0.379 e. The Labute approximate surface area is 159 Å². The third kappa shape index (κ3) is 5.76. The topological polar surface area (TPSA) is 22.2 Å². The molecule has 2 fully saturated rings. The predicted octanol–water partition coefficient (Wildman–Crippen LogP) is 1.76. The molecule has 5 heteroatoms. The van der Waals surface area contributed by atoms with Crippen LogP contribution in [0.1, 0.15) is 24.1 Å². The second kappa shape index (κ2) is 9.81. The van der Waals surface area contributed by atoms with E-state index in [1.54, 1.807) is 0 Å². The molecule has 0 spiro atoms. The summed E-state index contributed by atoms with van der Waals surface area (Å²) in [6.45, 7) is 14.5. The fourth-order valence-electron chi connectivity index (χ4n) is 3.79. The predicted molar refractivity (Wildman–Crippen MR) is 108 cm³/mol. The molecule has 1 atom stereocenters. The van der Waals surface area contributed by atoms with Crippen LogP contribution in [0.2, 0.25) is 0 Å². The number of hydrogen-bond donors (Lipinski definition) is 0. The average molecular weight is 361 g/mol. The molecule has 2 saturated heterocycles. The van der Waals surface area contributed by atoms with Crippen LogP contribution in [0.5, 0.6) is 0 Å². The van der Waals surface area contributed by atoms with E-state index in [2.05, 4.69) is 64.9 Å². The number of hydrogen-bond acceptors (Lipinski definition) is 5. The van der Waals surface area contributed by atoms with E-state index in [9.17, 15) is 0 Å². The highest BCUT2D eigenvalue weighted by atomic mass is 16.5. The van der Waals surface area contributed by atoms with E-state index in [0.717, 1.165) is 32.8 Å². The summed E-state index contributed by atoms with van der Waals surface area (Å²) in [5.41, 5.74) is 2.86. The Morgan fingerprint density at radius 3 is 2.19 bits per heavy atom. The highest BCUT2D eigenvalue weighted by Crippen LogP contribution is 2.19. The van der Waals surface area contributed by atoms with Crippen molar-refractivity contribution in [2.24, 2.45) is 0 Å². The molecule has 0 unspecified atom stereocenters. The third-order valence-corrected chi connectivity index (χ3v) is 5.92. The molecule has 0 amide bonds. The summed E-state index contributed by atoms with van der Waals surface area (Å²) in [5, 5.41) is 0. The summed E-state index contributed by atoms with van der Waals surface area (Å²) >= 11 is 0. The highest BCUT2D eigenvalue weighted by molar-refractivity contribution is 5.25. The smallest absolute Gasteiger partial charge is 0.0594 e. The fraction of sp³-hybridized carbons (Fsp3) is 0.714. The second-order valence-electron chi connectivity index (χ2n) is 7.96. The molecule has 0 aliphatic carbocycles. The molecule has 0 radical (unpaired) electrons. The van der Waals surface area contributed by atoms with Crippen molar-refractivity contribution in [3.63, 3.8) is 0 Å². The van der Waals surface area contributed by atoms with Gasteiger partial charge in [-0.2, -0.15) is 0 Å². The number of nitrogens with zero attached hydrogens (tertiary/aromatic N) is 4. The zero-order chi connectivity index (χ0) is 18.4. The summed E-state index contributed by atoms with van der Waals surface area (Å²) in [5.74, 6) is 0. The second-order valence-corrected chi connectivity index (χ2v) is 7.96. The molecule has 2 aliphatic rings. The van der Waals surface area contributed by atoms with Gasteiger partial charge in [-0.3, -0.25) is 14.7 Å². The van der Waals surface area contributed by atoms with E-state index in [-0.39, 0.29) is 0 Å². The number of ether oxygens (including phenoxy) is 1. The zero-order valence-corrected chi connectivity index (χ0v) is 16.9. The van der Waals surface area contributed by atoms with Crippen LogP contribution in [0, 0.1) is 0 Å². The van der Waals surface area contributed by atoms with Crippen molar-refractivity contribution in [1.82, 2.24) is 19.6 Å². The Hall–Kier alpha value is -0.980. The molecule has 5 nitrogen and oxygen atoms in total. The lowest BCUT2D eigenvalue weighted by molar-refractivity contribution is 0.0297. The quantitative estimate of drug-likeness (QED) is 0.737. The van der Waals surface area contributed by atoms with Gasteiger partial charge >= 0.3 is 0 Å². The molecule has 0 N–H and O–H groups in total. The van der Waals surface area contributed by atoms with E-state index < -0.39 is 0 Å². The molecule has 3 rings (SSSR count). The van der Waals surface area contributed by atoms with Gasteiger partial charge in [0.25, 0.3) is 0 Å². The standard InChI is InChI=1S/C21H36N4O/c1-19(22(2)3)21-6-4-5-20(17-21)18-25-11-9-23(10-12-25)7-8-24-13-15-26-16-14-24/h4-6,17,19H,7-16,18H2,1-3H3/t19-/m0/s1. The summed E-state index contributed by atoms with van der Waals surface area (Å²) in [7, 11) is 4.29. The molecule has 1 aromatic carbocycles. The molecule has 0 bridgehead atoms. The lowest BCUT2D eigenvalue weighted by Crippen LogP contribution is -2.49. The number of piperazine rings is 1. The van der Waals surface area contributed by atoms with Gasteiger partial charge < -0.3 is 9.64 Å². The Morgan fingerprint density at radius 2 is 1.54 bits per heavy atom. The summed E-state index contributed by atoms with van der Waals surface area (Å²) in [4.78, 5) is 10.0. The molecular formula is C21H36N4O. The first kappa shape index (κ1) is 19.8. The van der Waals surface area contributed by atoms with E-state index in [4.69, 9.17) is 4.74 Å². The number of benzene rings is 1. The van der Waals surface area contributed by atoms with Crippen LogP contribution in [0.3, 0.4) is 0 Å². The van der Waals surface area contributed by atoms with Gasteiger partial charge in [-0.05, 0) is 32.1 Å². The van der Waals surface area contributed by atoms with E-state index >= 15 is 0 Å². The maximum absolute atomic E-state index is 5.43. The number of rotatable bonds is 7. The Balaban J connectivity index is 1.41. The van der Waals surface area contributed by atoms with Crippen molar-refractivity contribution in [2.75, 3.05) is 79.7 Å². The van der Waals surface area contributed by atoms with Crippen LogP contribution < -0.4 is 0 Å². The van der Waals surface area contributed by atoms with Crippen LogP contribution >= 0.6 is 0 Å². The van der Waals surface area contributed by atoms with Gasteiger partial charge in [0, 0.05) is 64.9 Å². The molecule has 26 heavy (non-hydrogen) atoms. The van der Waals surface area contributed by atoms with Crippen LogP contribution in [-0.2, 0) is 11.3 Å². The van der Waals surface area contributed by atoms with Crippen molar-refractivity contribution in [1.29, 1.82) is 0 Å². The molecule has 2 heterocycles. The lowest BCUT2D eigenvalue weighted by atomic mass is 10.0. The Morgan fingerprint density at radius 1 is 0.923 bits per heavy atom. The lowest BCUT2D eigenvalue weighted by Gasteiger charge is -2.36. The molecule has 0 aromatic heterocycles. The normalized spacial score (nSPS) is 22.0. The maximum Gasteiger partial charge on any atom is 0.0594 e. The minimum absolute atomic E-state index is 0.465. The summed E-state index contributed by atoms with van der Waals surface area (Å²) < 4.78 is 5.43. The summed E-state index contributed by atoms with van der Waals surface area (Å²) in [6, 6.07) is 9.58. The average Bonchev–Trinajstić information content (AvgIpc) is 2.68. The monoisotopic (exact) mass is 360 g/mol. The SMILES string of the molecule is C[C@@H](c1cccc(CN2CCN(CCN3CCOCC3)CC2)c1)N(C)C. The first-order valence-electron chi connectivity index (χ1n) is 10.1. The Bertz CT molecular complexity index is 537. The van der Waals surface area contributed by atoms with Gasteiger partial charge in [0.1, 0.15) is 0 Å². The van der Waals surface area contributed by atoms with Gasteiger partial charge in [-0.25, -0.2) is 0 Å². The van der Waals surface area contributed by atoms with Gasteiger partial charge in [-0.1, -0.05) is 24.3 Å². The fourth-order valence-corrected chi connectivity index (χ4v) is 3.79. The van der Waals surface area contributed by atoms with Crippen molar-refractivity contribution in [3.05, 3.63) is 35.4 Å². The molecular weight excluding hydrogens is 324 g/mol. The molecule has 2 aliphatic heterocycles. The van der Waals surface area contributed by atoms with Gasteiger partial charge in [-0.15, -0.1) is 0 Å². The minimum Gasteiger partial charge on any atom is -0.379 e. The Kier molecular flexibility index (Phi) is 7.46. The van der Waals surface area contributed by atoms with E-state index in [1.165, 1.54) is 50.4 Å². The van der Waals surface area contributed by atoms with Crippen LogP contribution in [0.25, 0.3) is 0 Å². The first-order chi connectivity index (χ1) is 12.6. The molecule has 0 saturated carbocycles. The molecule has 146 valence electrons. The maximum atomic E-state index is 5.43. The van der Waals surface area contributed by atoms with Crippen molar-refractivity contribution in [3.8, 4) is 0 Å². The van der Waals surface area contributed by atoms with Gasteiger partial charge in [0.05, 0.1) is 13.2 Å². The molecule has 1 aromatic rings. The van der Waals surface area contributed by atoms with E-state index in [0.29, 0.717) is 6.04 Å². The van der Waals surface area contributed by atoms with Crippen LogP contribution in [0.15, 0.2) is 24.3 Å². The van der Waals surface area contributed by atoms with Gasteiger partial charge in [0.2, 0.25) is 0 Å². The van der Waals surface area contributed by atoms with Crippen LogP contribution in [-0.4, -0.2) is 99.3 Å². The van der Waals surface area contributed by atoms with Crippen LogP contribution in [0.4, 0.5) is 0 Å². The van der Waals surface area contributed by atoms with Crippen molar-refractivity contribution >= 4 is 0 Å².